The fraction of sp³-hybridized carbons (Fsp3) is 0.333. The highest BCUT2D eigenvalue weighted by molar-refractivity contribution is 9.10. The van der Waals surface area contributed by atoms with Crippen molar-refractivity contribution in [3.8, 4) is 0 Å². The number of hydrogen-bond donors (Lipinski definition) is 1. The maximum Gasteiger partial charge on any atom is 0.125 e. The summed E-state index contributed by atoms with van der Waals surface area (Å²) in [5, 5.41) is 5.40. The predicted octanol–water partition coefficient (Wildman–Crippen LogP) is 3.11. The summed E-state index contributed by atoms with van der Waals surface area (Å²) >= 11 is 5.32. The van der Waals surface area contributed by atoms with Crippen LogP contribution in [0.25, 0.3) is 0 Å². The van der Waals surface area contributed by atoms with Crippen LogP contribution in [0.2, 0.25) is 0 Å². The second-order valence-corrected chi connectivity index (χ2v) is 5.62. The predicted molar refractivity (Wildman–Crippen MR) is 74.3 cm³/mol. The highest BCUT2D eigenvalue weighted by Crippen LogP contribution is 2.27. The van der Waals surface area contributed by atoms with Crippen LogP contribution < -0.4 is 5.32 Å². The van der Waals surface area contributed by atoms with E-state index in [1.165, 1.54) is 9.35 Å². The van der Waals surface area contributed by atoms with E-state index < -0.39 is 0 Å². The molecule has 17 heavy (non-hydrogen) atoms. The summed E-state index contributed by atoms with van der Waals surface area (Å²) in [6, 6.07) is 4.28. The molecule has 5 heteroatoms. The van der Waals surface area contributed by atoms with Crippen molar-refractivity contribution in [2.45, 2.75) is 19.4 Å². The van der Waals surface area contributed by atoms with Crippen molar-refractivity contribution in [3.63, 3.8) is 0 Å². The molecule has 0 spiro atoms. The number of aromatic nitrogens is 2. The van der Waals surface area contributed by atoms with Crippen molar-refractivity contribution in [1.29, 1.82) is 0 Å². The Morgan fingerprint density at radius 2 is 2.29 bits per heavy atom. The van der Waals surface area contributed by atoms with Gasteiger partial charge in [-0.05, 0) is 47.4 Å². The molecular formula is C12H14BrN3S. The van der Waals surface area contributed by atoms with Gasteiger partial charge in [-0.1, -0.05) is 0 Å². The van der Waals surface area contributed by atoms with Gasteiger partial charge < -0.3 is 5.32 Å². The lowest BCUT2D eigenvalue weighted by Gasteiger charge is -2.15. The van der Waals surface area contributed by atoms with Crippen LogP contribution in [0, 0.1) is 6.92 Å². The van der Waals surface area contributed by atoms with E-state index in [1.807, 2.05) is 26.2 Å². The molecule has 0 saturated heterocycles. The Morgan fingerprint density at radius 3 is 2.88 bits per heavy atom. The van der Waals surface area contributed by atoms with Crippen LogP contribution in [-0.2, 0) is 6.42 Å². The van der Waals surface area contributed by atoms with E-state index in [2.05, 4.69) is 42.7 Å². The number of rotatable bonds is 4. The van der Waals surface area contributed by atoms with Gasteiger partial charge in [0.2, 0.25) is 0 Å². The van der Waals surface area contributed by atoms with E-state index in [4.69, 9.17) is 0 Å². The summed E-state index contributed by atoms with van der Waals surface area (Å²) in [6.45, 7) is 1.91. The molecule has 1 N–H and O–H groups in total. The first-order valence-corrected chi connectivity index (χ1v) is 7.06. The molecule has 0 radical (unpaired) electrons. The highest BCUT2D eigenvalue weighted by Gasteiger charge is 2.14. The van der Waals surface area contributed by atoms with E-state index in [0.29, 0.717) is 0 Å². The molecule has 0 bridgehead atoms. The van der Waals surface area contributed by atoms with E-state index >= 15 is 0 Å². The minimum absolute atomic E-state index is 0.228. The van der Waals surface area contributed by atoms with E-state index in [0.717, 1.165) is 17.9 Å². The third kappa shape index (κ3) is 3.12. The van der Waals surface area contributed by atoms with Gasteiger partial charge in [0, 0.05) is 22.0 Å². The zero-order valence-corrected chi connectivity index (χ0v) is 12.2. The van der Waals surface area contributed by atoms with E-state index in [9.17, 15) is 0 Å². The second kappa shape index (κ2) is 5.71. The van der Waals surface area contributed by atoms with Crippen LogP contribution in [-0.4, -0.2) is 17.0 Å². The summed E-state index contributed by atoms with van der Waals surface area (Å²) < 4.78 is 1.17. The quantitative estimate of drug-likeness (QED) is 0.942. The maximum atomic E-state index is 4.47. The minimum Gasteiger partial charge on any atom is -0.311 e. The molecule has 0 fully saturated rings. The van der Waals surface area contributed by atoms with Gasteiger partial charge in [-0.15, -0.1) is 11.3 Å². The van der Waals surface area contributed by atoms with Crippen molar-refractivity contribution in [2.24, 2.45) is 0 Å². The second-order valence-electron chi connectivity index (χ2n) is 3.77. The van der Waals surface area contributed by atoms with Crippen LogP contribution in [0.3, 0.4) is 0 Å². The van der Waals surface area contributed by atoms with Gasteiger partial charge in [-0.2, -0.15) is 0 Å². The van der Waals surface area contributed by atoms with E-state index in [-0.39, 0.29) is 6.04 Å². The SMILES string of the molecule is CNC(Cc1sccc1Br)c1ccnc(C)n1. The fourth-order valence-electron chi connectivity index (χ4n) is 1.68. The van der Waals surface area contributed by atoms with Crippen molar-refractivity contribution in [2.75, 3.05) is 7.05 Å². The summed E-state index contributed by atoms with van der Waals surface area (Å²) in [4.78, 5) is 9.93. The van der Waals surface area contributed by atoms with Crippen LogP contribution >= 0.6 is 27.3 Å². The number of nitrogens with one attached hydrogen (secondary N) is 1. The molecular weight excluding hydrogens is 298 g/mol. The molecule has 2 aromatic rings. The first-order valence-electron chi connectivity index (χ1n) is 5.39. The Kier molecular flexibility index (Phi) is 4.25. The molecule has 90 valence electrons. The Morgan fingerprint density at radius 1 is 1.47 bits per heavy atom. The van der Waals surface area contributed by atoms with Crippen molar-refractivity contribution in [3.05, 3.63) is 44.6 Å². The summed E-state index contributed by atoms with van der Waals surface area (Å²) in [5.74, 6) is 0.813. The lowest BCUT2D eigenvalue weighted by atomic mass is 10.1. The van der Waals surface area contributed by atoms with Crippen LogP contribution in [0.1, 0.15) is 22.4 Å². The van der Waals surface area contributed by atoms with Gasteiger partial charge in [0.1, 0.15) is 5.82 Å². The van der Waals surface area contributed by atoms with Gasteiger partial charge in [-0.3, -0.25) is 0 Å². The average Bonchev–Trinajstić information content (AvgIpc) is 2.71. The normalized spacial score (nSPS) is 12.6. The molecule has 2 aromatic heterocycles. The average molecular weight is 312 g/mol. The maximum absolute atomic E-state index is 4.47. The number of aryl methyl sites for hydroxylation is 1. The topological polar surface area (TPSA) is 37.8 Å². The Bertz CT molecular complexity index is 498. The minimum atomic E-state index is 0.228. The van der Waals surface area contributed by atoms with Crippen LogP contribution in [0.4, 0.5) is 0 Å². The molecule has 0 amide bonds. The number of nitrogens with zero attached hydrogens (tertiary/aromatic N) is 2. The molecule has 1 atom stereocenters. The van der Waals surface area contributed by atoms with E-state index in [1.54, 1.807) is 11.3 Å². The van der Waals surface area contributed by atoms with Gasteiger partial charge in [0.15, 0.2) is 0 Å². The summed E-state index contributed by atoms with van der Waals surface area (Å²) in [7, 11) is 1.96. The molecule has 1 unspecified atom stereocenters. The standard InChI is InChI=1S/C12H14BrN3S/c1-8-15-5-3-10(16-8)11(14-2)7-12-9(13)4-6-17-12/h3-6,11,14H,7H2,1-2H3. The summed E-state index contributed by atoms with van der Waals surface area (Å²) in [6.07, 6.45) is 2.75. The summed E-state index contributed by atoms with van der Waals surface area (Å²) in [5.41, 5.74) is 1.04. The molecule has 0 saturated carbocycles. The third-order valence-corrected chi connectivity index (χ3v) is 4.53. The highest BCUT2D eigenvalue weighted by atomic mass is 79.9. The number of halogens is 1. The first-order chi connectivity index (χ1) is 8.20. The van der Waals surface area contributed by atoms with Crippen molar-refractivity contribution >= 4 is 27.3 Å². The van der Waals surface area contributed by atoms with Crippen LogP contribution in [0.5, 0.6) is 0 Å². The van der Waals surface area contributed by atoms with Crippen LogP contribution in [0.15, 0.2) is 28.2 Å². The zero-order valence-electron chi connectivity index (χ0n) is 9.77. The first kappa shape index (κ1) is 12.7. The van der Waals surface area contributed by atoms with Gasteiger partial charge in [0.25, 0.3) is 0 Å². The molecule has 2 heterocycles. The Balaban J connectivity index is 2.20. The molecule has 0 aliphatic carbocycles. The number of hydrogen-bond acceptors (Lipinski definition) is 4. The number of likely N-dealkylation sites (N-methyl/N-ethyl adjacent to an activating group) is 1. The molecule has 0 aliphatic rings. The molecule has 3 nitrogen and oxygen atoms in total. The Hall–Kier alpha value is -0.780. The number of thiophene rings is 1. The lowest BCUT2D eigenvalue weighted by molar-refractivity contribution is 0.575. The molecule has 0 aromatic carbocycles. The third-order valence-electron chi connectivity index (χ3n) is 2.58. The lowest BCUT2D eigenvalue weighted by Crippen LogP contribution is -2.20. The van der Waals surface area contributed by atoms with Gasteiger partial charge >= 0.3 is 0 Å². The van der Waals surface area contributed by atoms with Crippen molar-refractivity contribution < 1.29 is 0 Å². The van der Waals surface area contributed by atoms with Crippen molar-refractivity contribution in [1.82, 2.24) is 15.3 Å². The molecule has 2 rings (SSSR count). The largest absolute Gasteiger partial charge is 0.311 e. The smallest absolute Gasteiger partial charge is 0.125 e. The fourth-order valence-corrected chi connectivity index (χ4v) is 3.24. The van der Waals surface area contributed by atoms with Gasteiger partial charge in [-0.25, -0.2) is 9.97 Å². The van der Waals surface area contributed by atoms with Gasteiger partial charge in [0.05, 0.1) is 11.7 Å². The monoisotopic (exact) mass is 311 g/mol. The molecule has 0 aliphatic heterocycles. The Labute approximate surface area is 113 Å². The zero-order chi connectivity index (χ0) is 12.3.